The molecule has 2 aromatic rings. The van der Waals surface area contributed by atoms with E-state index in [2.05, 4.69) is 30.8 Å². The van der Waals surface area contributed by atoms with E-state index in [-0.39, 0.29) is 11.8 Å². The van der Waals surface area contributed by atoms with Gasteiger partial charge in [-0.05, 0) is 18.1 Å². The molecular formula is C13H18N6O. The quantitative estimate of drug-likeness (QED) is 0.763. The molecule has 0 spiro atoms. The Kier molecular flexibility index (Phi) is 4.29. The zero-order valence-electron chi connectivity index (χ0n) is 11.8. The van der Waals surface area contributed by atoms with Gasteiger partial charge in [0.25, 0.3) is 5.91 Å². The van der Waals surface area contributed by atoms with Crippen molar-refractivity contribution in [1.82, 2.24) is 25.5 Å². The van der Waals surface area contributed by atoms with Gasteiger partial charge < -0.3 is 10.6 Å². The van der Waals surface area contributed by atoms with Gasteiger partial charge >= 0.3 is 0 Å². The molecule has 0 saturated heterocycles. The highest BCUT2D eigenvalue weighted by molar-refractivity contribution is 5.94. The van der Waals surface area contributed by atoms with Crippen LogP contribution in [0.1, 0.15) is 41.6 Å². The van der Waals surface area contributed by atoms with Crippen molar-refractivity contribution in [1.29, 1.82) is 0 Å². The Morgan fingerprint density at radius 3 is 2.80 bits per heavy atom. The molecule has 0 aliphatic carbocycles. The molecule has 0 unspecified atom stereocenters. The van der Waals surface area contributed by atoms with Crippen LogP contribution in [0.3, 0.4) is 0 Å². The lowest BCUT2D eigenvalue weighted by Crippen LogP contribution is -2.24. The lowest BCUT2D eigenvalue weighted by Gasteiger charge is -2.10. The van der Waals surface area contributed by atoms with E-state index < -0.39 is 0 Å². The van der Waals surface area contributed by atoms with Crippen molar-refractivity contribution >= 4 is 11.7 Å². The first-order chi connectivity index (χ1) is 9.60. The molecule has 0 radical (unpaired) electrons. The number of aromatic amines is 1. The van der Waals surface area contributed by atoms with Gasteiger partial charge in [0.15, 0.2) is 0 Å². The number of rotatable bonds is 5. The highest BCUT2D eigenvalue weighted by atomic mass is 16.1. The van der Waals surface area contributed by atoms with E-state index in [1.165, 1.54) is 6.33 Å². The number of amides is 1. The van der Waals surface area contributed by atoms with Gasteiger partial charge in [-0.2, -0.15) is 5.10 Å². The van der Waals surface area contributed by atoms with Gasteiger partial charge in [0.1, 0.15) is 18.0 Å². The number of anilines is 1. The summed E-state index contributed by atoms with van der Waals surface area (Å²) in [6.07, 6.45) is 1.41. The normalized spacial score (nSPS) is 10.6. The van der Waals surface area contributed by atoms with Crippen LogP contribution in [0.4, 0.5) is 5.82 Å². The molecule has 0 fully saturated rings. The third-order valence-corrected chi connectivity index (χ3v) is 2.84. The van der Waals surface area contributed by atoms with Gasteiger partial charge in [0.2, 0.25) is 0 Å². The van der Waals surface area contributed by atoms with Crippen LogP contribution in [-0.2, 0) is 6.54 Å². The molecular weight excluding hydrogens is 256 g/mol. The van der Waals surface area contributed by atoms with Crippen LogP contribution in [0.25, 0.3) is 0 Å². The topological polar surface area (TPSA) is 95.6 Å². The van der Waals surface area contributed by atoms with Gasteiger partial charge in [0.05, 0.1) is 6.54 Å². The van der Waals surface area contributed by atoms with Crippen LogP contribution >= 0.6 is 0 Å². The van der Waals surface area contributed by atoms with Gasteiger partial charge in [0, 0.05) is 18.3 Å². The maximum Gasteiger partial charge on any atom is 0.251 e. The molecule has 7 heteroatoms. The summed E-state index contributed by atoms with van der Waals surface area (Å²) in [6, 6.07) is 3.53. The predicted octanol–water partition coefficient (Wildman–Crippen LogP) is 1.29. The monoisotopic (exact) mass is 274 g/mol. The summed E-state index contributed by atoms with van der Waals surface area (Å²) in [6.45, 7) is 4.39. The van der Waals surface area contributed by atoms with Gasteiger partial charge in [-0.15, -0.1) is 0 Å². The average molecular weight is 274 g/mol. The van der Waals surface area contributed by atoms with Crippen molar-refractivity contribution in [2.24, 2.45) is 0 Å². The molecule has 0 aliphatic rings. The maximum absolute atomic E-state index is 12.2. The molecule has 2 aromatic heterocycles. The standard InChI is InChI=1S/C13H18N6O/c1-8(2)10-4-9(5-11(14-3)18-10)13(20)15-6-12-16-7-17-19-12/h4-5,7-8H,6H2,1-3H3,(H,14,18)(H,15,20)(H,16,17,19). The lowest BCUT2D eigenvalue weighted by atomic mass is 10.1. The third-order valence-electron chi connectivity index (χ3n) is 2.84. The highest BCUT2D eigenvalue weighted by Gasteiger charge is 2.11. The highest BCUT2D eigenvalue weighted by Crippen LogP contribution is 2.17. The smallest absolute Gasteiger partial charge is 0.251 e. The number of hydrogen-bond donors (Lipinski definition) is 3. The van der Waals surface area contributed by atoms with Gasteiger partial charge in [-0.3, -0.25) is 9.89 Å². The van der Waals surface area contributed by atoms with Crippen molar-refractivity contribution in [2.75, 3.05) is 12.4 Å². The number of carbonyl (C=O) groups excluding carboxylic acids is 1. The Labute approximate surface area is 117 Å². The number of H-pyrrole nitrogens is 1. The third kappa shape index (κ3) is 3.31. The summed E-state index contributed by atoms with van der Waals surface area (Å²) < 4.78 is 0. The number of pyridine rings is 1. The largest absolute Gasteiger partial charge is 0.373 e. The van der Waals surface area contributed by atoms with E-state index in [4.69, 9.17) is 0 Å². The van der Waals surface area contributed by atoms with E-state index in [9.17, 15) is 4.79 Å². The molecule has 20 heavy (non-hydrogen) atoms. The number of aromatic nitrogens is 4. The second kappa shape index (κ2) is 6.14. The Balaban J connectivity index is 2.14. The second-order valence-electron chi connectivity index (χ2n) is 4.69. The minimum absolute atomic E-state index is 0.165. The Morgan fingerprint density at radius 1 is 1.40 bits per heavy atom. The summed E-state index contributed by atoms with van der Waals surface area (Å²) in [7, 11) is 1.78. The fourth-order valence-corrected chi connectivity index (χ4v) is 1.69. The summed E-state index contributed by atoms with van der Waals surface area (Å²) >= 11 is 0. The Morgan fingerprint density at radius 2 is 2.20 bits per heavy atom. The van der Waals surface area contributed by atoms with Crippen LogP contribution in [-0.4, -0.2) is 33.1 Å². The molecule has 0 saturated carbocycles. The van der Waals surface area contributed by atoms with Crippen molar-refractivity contribution in [3.8, 4) is 0 Å². The van der Waals surface area contributed by atoms with Crippen LogP contribution in [0.15, 0.2) is 18.5 Å². The second-order valence-corrected chi connectivity index (χ2v) is 4.69. The molecule has 2 heterocycles. The first kappa shape index (κ1) is 14.0. The minimum Gasteiger partial charge on any atom is -0.373 e. The molecule has 106 valence electrons. The Bertz CT molecular complexity index is 579. The van der Waals surface area contributed by atoms with Gasteiger partial charge in [-0.1, -0.05) is 13.8 Å². The SMILES string of the molecule is CNc1cc(C(=O)NCc2ncn[nH]2)cc(C(C)C)n1. The number of nitrogens with zero attached hydrogens (tertiary/aromatic N) is 3. The van der Waals surface area contributed by atoms with Crippen LogP contribution < -0.4 is 10.6 Å². The molecule has 0 aromatic carbocycles. The van der Waals surface area contributed by atoms with E-state index in [0.717, 1.165) is 5.69 Å². The average Bonchev–Trinajstić information content (AvgIpc) is 2.97. The number of hydrogen-bond acceptors (Lipinski definition) is 5. The van der Waals surface area contributed by atoms with E-state index >= 15 is 0 Å². The Hall–Kier alpha value is -2.44. The molecule has 2 rings (SSSR count). The summed E-state index contributed by atoms with van der Waals surface area (Å²) in [4.78, 5) is 20.5. The molecule has 7 nitrogen and oxygen atoms in total. The maximum atomic E-state index is 12.2. The number of nitrogens with one attached hydrogen (secondary N) is 3. The van der Waals surface area contributed by atoms with E-state index in [0.29, 0.717) is 23.8 Å². The summed E-state index contributed by atoms with van der Waals surface area (Å²) in [5.74, 6) is 1.39. The number of carbonyl (C=O) groups is 1. The van der Waals surface area contributed by atoms with E-state index in [1.807, 2.05) is 13.8 Å². The molecule has 0 aliphatic heterocycles. The zero-order chi connectivity index (χ0) is 14.5. The lowest BCUT2D eigenvalue weighted by molar-refractivity contribution is 0.0949. The molecule has 3 N–H and O–H groups in total. The fourth-order valence-electron chi connectivity index (χ4n) is 1.69. The molecule has 0 atom stereocenters. The van der Waals surface area contributed by atoms with Crippen LogP contribution in [0, 0.1) is 0 Å². The van der Waals surface area contributed by atoms with Crippen LogP contribution in [0.5, 0.6) is 0 Å². The van der Waals surface area contributed by atoms with Crippen molar-refractivity contribution in [3.05, 3.63) is 35.5 Å². The van der Waals surface area contributed by atoms with Crippen LogP contribution in [0.2, 0.25) is 0 Å². The first-order valence-corrected chi connectivity index (χ1v) is 6.42. The van der Waals surface area contributed by atoms with Crippen molar-refractivity contribution < 1.29 is 4.79 Å². The molecule has 1 amide bonds. The minimum atomic E-state index is -0.165. The molecule has 0 bridgehead atoms. The predicted molar refractivity (Wildman–Crippen MR) is 75.4 cm³/mol. The van der Waals surface area contributed by atoms with Crippen molar-refractivity contribution in [3.63, 3.8) is 0 Å². The van der Waals surface area contributed by atoms with Gasteiger partial charge in [-0.25, -0.2) is 9.97 Å². The first-order valence-electron chi connectivity index (χ1n) is 6.42. The van der Waals surface area contributed by atoms with Crippen molar-refractivity contribution in [2.45, 2.75) is 26.3 Å². The fraction of sp³-hybridized carbons (Fsp3) is 0.385. The summed E-state index contributed by atoms with van der Waals surface area (Å²) in [5, 5.41) is 12.2. The zero-order valence-corrected chi connectivity index (χ0v) is 11.8. The van der Waals surface area contributed by atoms with E-state index in [1.54, 1.807) is 19.2 Å². The summed E-state index contributed by atoms with van der Waals surface area (Å²) in [5.41, 5.74) is 1.45.